The van der Waals surface area contributed by atoms with Crippen LogP contribution in [0.4, 0.5) is 0 Å². The summed E-state index contributed by atoms with van der Waals surface area (Å²) in [5.41, 5.74) is 1.16. The molecular weight excluding hydrogens is 262 g/mol. The van der Waals surface area contributed by atoms with Gasteiger partial charge in [-0.2, -0.15) is 5.10 Å². The number of hydrogen-bond donors (Lipinski definition) is 1. The van der Waals surface area contributed by atoms with Gasteiger partial charge in [0.25, 0.3) is 0 Å². The molecule has 2 atom stereocenters. The highest BCUT2D eigenvalue weighted by Crippen LogP contribution is 2.31. The standard InChI is InChI=1S/C17H29N3O/c1-3-18-16(17(2)10-6-12-21-17)13-14-9-11-20(19-14)15-7-4-5-8-15/h9,11,15-16,18H,3-8,10,12-13H2,1-2H3. The van der Waals surface area contributed by atoms with Gasteiger partial charge in [0.2, 0.25) is 0 Å². The second kappa shape index (κ2) is 6.49. The van der Waals surface area contributed by atoms with Gasteiger partial charge < -0.3 is 10.1 Å². The average molecular weight is 291 g/mol. The molecule has 0 radical (unpaired) electrons. The van der Waals surface area contributed by atoms with Crippen molar-refractivity contribution in [3.63, 3.8) is 0 Å². The highest BCUT2D eigenvalue weighted by Gasteiger charge is 2.38. The van der Waals surface area contributed by atoms with Crippen LogP contribution < -0.4 is 5.32 Å². The Kier molecular flexibility index (Phi) is 4.65. The Morgan fingerprint density at radius 1 is 1.43 bits per heavy atom. The average Bonchev–Trinajstić information content (AvgIpc) is 3.19. The van der Waals surface area contributed by atoms with Crippen LogP contribution in [0, 0.1) is 0 Å². The minimum atomic E-state index is -0.0346. The van der Waals surface area contributed by atoms with E-state index in [0.717, 1.165) is 26.0 Å². The number of likely N-dealkylation sites (N-methyl/N-ethyl adjacent to an activating group) is 1. The van der Waals surface area contributed by atoms with Crippen molar-refractivity contribution in [3.05, 3.63) is 18.0 Å². The molecule has 1 saturated carbocycles. The van der Waals surface area contributed by atoms with Crippen LogP contribution in [0.3, 0.4) is 0 Å². The summed E-state index contributed by atoms with van der Waals surface area (Å²) < 4.78 is 8.23. The molecule has 1 saturated heterocycles. The monoisotopic (exact) mass is 291 g/mol. The van der Waals surface area contributed by atoms with Gasteiger partial charge in [-0.05, 0) is 45.2 Å². The highest BCUT2D eigenvalue weighted by molar-refractivity contribution is 5.06. The van der Waals surface area contributed by atoms with Crippen LogP contribution >= 0.6 is 0 Å². The van der Waals surface area contributed by atoms with Gasteiger partial charge in [-0.25, -0.2) is 0 Å². The van der Waals surface area contributed by atoms with E-state index in [4.69, 9.17) is 9.84 Å². The third-order valence-electron chi connectivity index (χ3n) is 5.21. The third-order valence-corrected chi connectivity index (χ3v) is 5.21. The Balaban J connectivity index is 1.67. The molecular formula is C17H29N3O. The maximum atomic E-state index is 6.04. The van der Waals surface area contributed by atoms with E-state index in [-0.39, 0.29) is 5.60 Å². The molecule has 0 aromatic carbocycles. The summed E-state index contributed by atoms with van der Waals surface area (Å²) in [6.45, 7) is 6.30. The molecule has 1 aromatic rings. The van der Waals surface area contributed by atoms with E-state index < -0.39 is 0 Å². The van der Waals surface area contributed by atoms with Gasteiger partial charge in [-0.1, -0.05) is 19.8 Å². The van der Waals surface area contributed by atoms with Gasteiger partial charge in [0.05, 0.1) is 17.3 Å². The van der Waals surface area contributed by atoms with E-state index in [1.54, 1.807) is 0 Å². The van der Waals surface area contributed by atoms with Crippen molar-refractivity contribution in [2.24, 2.45) is 0 Å². The summed E-state index contributed by atoms with van der Waals surface area (Å²) >= 11 is 0. The SMILES string of the molecule is CCNC(Cc1ccn(C2CCCC2)n1)C1(C)CCCO1. The number of nitrogens with zero attached hydrogens (tertiary/aromatic N) is 2. The van der Waals surface area contributed by atoms with Crippen LogP contribution in [0.25, 0.3) is 0 Å². The zero-order chi connectivity index (χ0) is 14.7. The Morgan fingerprint density at radius 2 is 2.24 bits per heavy atom. The first kappa shape index (κ1) is 15.0. The first-order valence-electron chi connectivity index (χ1n) is 8.62. The van der Waals surface area contributed by atoms with Crippen LogP contribution in [-0.2, 0) is 11.2 Å². The summed E-state index contributed by atoms with van der Waals surface area (Å²) in [5, 5.41) is 8.46. The number of ether oxygens (including phenoxy) is 1. The van der Waals surface area contributed by atoms with Crippen LogP contribution in [0.1, 0.15) is 64.1 Å². The maximum Gasteiger partial charge on any atom is 0.0811 e. The topological polar surface area (TPSA) is 39.1 Å². The Morgan fingerprint density at radius 3 is 2.90 bits per heavy atom. The van der Waals surface area contributed by atoms with Crippen molar-refractivity contribution in [3.8, 4) is 0 Å². The molecule has 2 unspecified atom stereocenters. The Labute approximate surface area is 128 Å². The molecule has 1 N–H and O–H groups in total. The summed E-state index contributed by atoms with van der Waals surface area (Å²) in [6, 6.07) is 3.19. The Bertz CT molecular complexity index is 445. The maximum absolute atomic E-state index is 6.04. The second-order valence-corrected chi connectivity index (χ2v) is 6.80. The lowest BCUT2D eigenvalue weighted by molar-refractivity contribution is -0.0113. The summed E-state index contributed by atoms with van der Waals surface area (Å²) in [5.74, 6) is 0. The van der Waals surface area contributed by atoms with Crippen LogP contribution in [0.5, 0.6) is 0 Å². The lowest BCUT2D eigenvalue weighted by Gasteiger charge is -2.33. The normalized spacial score (nSPS) is 28.3. The minimum Gasteiger partial charge on any atom is -0.374 e. The number of hydrogen-bond acceptors (Lipinski definition) is 3. The predicted molar refractivity (Wildman–Crippen MR) is 84.5 cm³/mol. The van der Waals surface area contributed by atoms with E-state index in [9.17, 15) is 0 Å². The summed E-state index contributed by atoms with van der Waals surface area (Å²) in [4.78, 5) is 0. The van der Waals surface area contributed by atoms with E-state index in [1.807, 2.05) is 0 Å². The molecule has 0 spiro atoms. The smallest absolute Gasteiger partial charge is 0.0811 e. The molecule has 0 bridgehead atoms. The van der Waals surface area contributed by atoms with Crippen LogP contribution in [0.2, 0.25) is 0 Å². The number of nitrogens with one attached hydrogen (secondary N) is 1. The lowest BCUT2D eigenvalue weighted by atomic mass is 9.89. The Hall–Kier alpha value is -0.870. The molecule has 0 amide bonds. The first-order chi connectivity index (χ1) is 10.2. The fourth-order valence-corrected chi connectivity index (χ4v) is 3.89. The predicted octanol–water partition coefficient (Wildman–Crippen LogP) is 3.09. The lowest BCUT2D eigenvalue weighted by Crippen LogP contribution is -2.49. The molecule has 1 aliphatic heterocycles. The van der Waals surface area contributed by atoms with Crippen molar-refractivity contribution in [1.29, 1.82) is 0 Å². The summed E-state index contributed by atoms with van der Waals surface area (Å²) in [7, 11) is 0. The molecule has 1 aliphatic carbocycles. The van der Waals surface area contributed by atoms with Gasteiger partial charge in [0.15, 0.2) is 0 Å². The zero-order valence-corrected chi connectivity index (χ0v) is 13.5. The molecule has 1 aromatic heterocycles. The largest absolute Gasteiger partial charge is 0.374 e. The van der Waals surface area contributed by atoms with Crippen molar-refractivity contribution < 1.29 is 4.74 Å². The first-order valence-corrected chi connectivity index (χ1v) is 8.62. The van der Waals surface area contributed by atoms with Gasteiger partial charge in [0.1, 0.15) is 0 Å². The van der Waals surface area contributed by atoms with Crippen LogP contribution in [-0.4, -0.2) is 34.6 Å². The van der Waals surface area contributed by atoms with Gasteiger partial charge in [-0.3, -0.25) is 4.68 Å². The fraction of sp³-hybridized carbons (Fsp3) is 0.824. The second-order valence-electron chi connectivity index (χ2n) is 6.80. The number of aromatic nitrogens is 2. The van der Waals surface area contributed by atoms with Crippen molar-refractivity contribution >= 4 is 0 Å². The quantitative estimate of drug-likeness (QED) is 0.875. The van der Waals surface area contributed by atoms with Crippen LogP contribution in [0.15, 0.2) is 12.3 Å². The number of rotatable bonds is 6. The zero-order valence-electron chi connectivity index (χ0n) is 13.5. The summed E-state index contributed by atoms with van der Waals surface area (Å²) in [6.07, 6.45) is 10.7. The van der Waals surface area contributed by atoms with Crippen molar-refractivity contribution in [2.75, 3.05) is 13.2 Å². The molecule has 2 aliphatic rings. The molecule has 118 valence electrons. The highest BCUT2D eigenvalue weighted by atomic mass is 16.5. The third kappa shape index (κ3) is 3.32. The van der Waals surface area contributed by atoms with E-state index in [1.165, 1.54) is 37.8 Å². The molecule has 2 fully saturated rings. The van der Waals surface area contributed by atoms with Gasteiger partial charge >= 0.3 is 0 Å². The van der Waals surface area contributed by atoms with Crippen molar-refractivity contribution in [2.45, 2.75) is 76.5 Å². The minimum absolute atomic E-state index is 0.0346. The van der Waals surface area contributed by atoms with E-state index in [2.05, 4.69) is 36.1 Å². The van der Waals surface area contributed by atoms with E-state index in [0.29, 0.717) is 12.1 Å². The fourth-order valence-electron chi connectivity index (χ4n) is 3.89. The molecule has 4 heteroatoms. The van der Waals surface area contributed by atoms with Crippen molar-refractivity contribution in [1.82, 2.24) is 15.1 Å². The molecule has 3 rings (SSSR count). The molecule has 4 nitrogen and oxygen atoms in total. The van der Waals surface area contributed by atoms with Gasteiger partial charge in [-0.15, -0.1) is 0 Å². The van der Waals surface area contributed by atoms with E-state index >= 15 is 0 Å². The van der Waals surface area contributed by atoms with Gasteiger partial charge in [0, 0.05) is 25.3 Å². The molecule has 21 heavy (non-hydrogen) atoms. The molecule has 2 heterocycles.